The summed E-state index contributed by atoms with van der Waals surface area (Å²) >= 11 is 0. The highest BCUT2D eigenvalue weighted by Crippen LogP contribution is 2.17. The topological polar surface area (TPSA) is 66.9 Å². The molecule has 0 aliphatic carbocycles. The number of nitrogens with zero attached hydrogens (tertiary/aromatic N) is 2. The van der Waals surface area contributed by atoms with E-state index in [9.17, 15) is 9.18 Å². The number of carbonyl (C=O) groups is 1. The molecule has 0 aliphatic heterocycles. The first-order valence-corrected chi connectivity index (χ1v) is 7.67. The van der Waals surface area contributed by atoms with Crippen LogP contribution in [0.15, 0.2) is 54.9 Å². The normalized spacial score (nSPS) is 10.5. The Morgan fingerprint density at radius 1 is 1.00 bits per heavy atom. The van der Waals surface area contributed by atoms with E-state index in [1.54, 1.807) is 12.1 Å². The Balaban J connectivity index is 1.48. The first-order valence-electron chi connectivity index (χ1n) is 7.67. The maximum atomic E-state index is 12.8. The van der Waals surface area contributed by atoms with Gasteiger partial charge in [-0.1, -0.05) is 24.3 Å². The van der Waals surface area contributed by atoms with Crippen molar-refractivity contribution in [3.63, 3.8) is 0 Å². The average Bonchev–Trinajstić information content (AvgIpc) is 2.61. The Kier molecular flexibility index (Phi) is 4.96. The summed E-state index contributed by atoms with van der Waals surface area (Å²) in [5.74, 6) is 0.338. The minimum Gasteiger partial charge on any atom is -0.368 e. The number of nitrogens with one attached hydrogen (secondary N) is 2. The van der Waals surface area contributed by atoms with E-state index in [4.69, 9.17) is 0 Å². The van der Waals surface area contributed by atoms with Gasteiger partial charge in [0.2, 0.25) is 5.91 Å². The van der Waals surface area contributed by atoms with Crippen LogP contribution in [0.5, 0.6) is 0 Å². The fraction of sp³-hybridized carbons (Fsp3) is 0.167. The van der Waals surface area contributed by atoms with Crippen LogP contribution < -0.4 is 10.6 Å². The molecule has 0 aliphatic rings. The highest BCUT2D eigenvalue weighted by Gasteiger charge is 2.04. The van der Waals surface area contributed by atoms with Crippen molar-refractivity contribution in [1.29, 1.82) is 0 Å². The SMILES string of the molecule is O=C(Cc1ccc(F)cc1)NCCNc1ncnc2ccccc12. The summed E-state index contributed by atoms with van der Waals surface area (Å²) in [7, 11) is 0. The highest BCUT2D eigenvalue weighted by molar-refractivity contribution is 5.88. The van der Waals surface area contributed by atoms with Crippen molar-refractivity contribution < 1.29 is 9.18 Å². The molecule has 0 radical (unpaired) electrons. The molecule has 1 aromatic heterocycles. The van der Waals surface area contributed by atoms with E-state index in [0.29, 0.717) is 13.1 Å². The van der Waals surface area contributed by atoms with Gasteiger partial charge < -0.3 is 10.6 Å². The van der Waals surface area contributed by atoms with Crippen LogP contribution >= 0.6 is 0 Å². The molecule has 2 N–H and O–H groups in total. The zero-order valence-electron chi connectivity index (χ0n) is 13.0. The van der Waals surface area contributed by atoms with E-state index in [2.05, 4.69) is 20.6 Å². The van der Waals surface area contributed by atoms with Crippen molar-refractivity contribution in [2.45, 2.75) is 6.42 Å². The molecule has 3 aromatic rings. The monoisotopic (exact) mass is 324 g/mol. The van der Waals surface area contributed by atoms with Crippen molar-refractivity contribution in [1.82, 2.24) is 15.3 Å². The quantitative estimate of drug-likeness (QED) is 0.684. The van der Waals surface area contributed by atoms with Gasteiger partial charge in [0.15, 0.2) is 0 Å². The number of fused-ring (bicyclic) bond motifs is 1. The second kappa shape index (κ2) is 7.50. The van der Waals surface area contributed by atoms with Crippen molar-refractivity contribution >= 4 is 22.6 Å². The number of anilines is 1. The fourth-order valence-corrected chi connectivity index (χ4v) is 2.38. The van der Waals surface area contributed by atoms with Gasteiger partial charge in [-0.2, -0.15) is 0 Å². The molecule has 0 fully saturated rings. The number of carbonyl (C=O) groups excluding carboxylic acids is 1. The Labute approximate surface area is 138 Å². The van der Waals surface area contributed by atoms with Crippen LogP contribution in [0.1, 0.15) is 5.56 Å². The number of hydrogen-bond donors (Lipinski definition) is 2. The van der Waals surface area contributed by atoms with Crippen LogP contribution in [0.4, 0.5) is 10.2 Å². The van der Waals surface area contributed by atoms with Crippen molar-refractivity contribution in [2.75, 3.05) is 18.4 Å². The van der Waals surface area contributed by atoms with Crippen LogP contribution in [0.3, 0.4) is 0 Å². The molecule has 3 rings (SSSR count). The third-order valence-electron chi connectivity index (χ3n) is 3.56. The van der Waals surface area contributed by atoms with Crippen LogP contribution in [-0.4, -0.2) is 29.0 Å². The number of para-hydroxylation sites is 1. The summed E-state index contributed by atoms with van der Waals surface area (Å²) in [4.78, 5) is 20.3. The standard InChI is InChI=1S/C18H17FN4O/c19-14-7-5-13(6-8-14)11-17(24)20-9-10-21-18-15-3-1-2-4-16(15)22-12-23-18/h1-8,12H,9-11H2,(H,20,24)(H,21,22,23). The van der Waals surface area contributed by atoms with E-state index in [1.807, 2.05) is 24.3 Å². The number of hydrogen-bond acceptors (Lipinski definition) is 4. The van der Waals surface area contributed by atoms with Crippen LogP contribution in [-0.2, 0) is 11.2 Å². The van der Waals surface area contributed by atoms with Gasteiger partial charge in [-0.15, -0.1) is 0 Å². The van der Waals surface area contributed by atoms with E-state index >= 15 is 0 Å². The summed E-state index contributed by atoms with van der Waals surface area (Å²) in [6.45, 7) is 1.02. The number of benzene rings is 2. The van der Waals surface area contributed by atoms with Crippen molar-refractivity contribution in [2.24, 2.45) is 0 Å². The van der Waals surface area contributed by atoms with Gasteiger partial charge in [0.1, 0.15) is 18.0 Å². The molecule has 2 aromatic carbocycles. The van der Waals surface area contributed by atoms with E-state index in [0.717, 1.165) is 22.3 Å². The Morgan fingerprint density at radius 2 is 1.79 bits per heavy atom. The van der Waals surface area contributed by atoms with Gasteiger partial charge in [0.25, 0.3) is 0 Å². The van der Waals surface area contributed by atoms with Crippen molar-refractivity contribution in [3.8, 4) is 0 Å². The molecule has 24 heavy (non-hydrogen) atoms. The molecule has 6 heteroatoms. The summed E-state index contributed by atoms with van der Waals surface area (Å²) in [5.41, 5.74) is 1.65. The minimum absolute atomic E-state index is 0.101. The van der Waals surface area contributed by atoms with Gasteiger partial charge in [-0.05, 0) is 29.8 Å². The van der Waals surface area contributed by atoms with Gasteiger partial charge in [0.05, 0.1) is 11.9 Å². The molecule has 5 nitrogen and oxygen atoms in total. The van der Waals surface area contributed by atoms with Gasteiger partial charge in [-0.25, -0.2) is 14.4 Å². The van der Waals surface area contributed by atoms with E-state index in [-0.39, 0.29) is 18.1 Å². The van der Waals surface area contributed by atoms with Gasteiger partial charge in [0, 0.05) is 18.5 Å². The van der Waals surface area contributed by atoms with Crippen molar-refractivity contribution in [3.05, 3.63) is 66.2 Å². The lowest BCUT2D eigenvalue weighted by Crippen LogP contribution is -2.30. The number of aromatic nitrogens is 2. The predicted octanol–water partition coefficient (Wildman–Crippen LogP) is 2.54. The number of rotatable bonds is 6. The zero-order chi connectivity index (χ0) is 16.8. The van der Waals surface area contributed by atoms with Gasteiger partial charge >= 0.3 is 0 Å². The molecule has 1 heterocycles. The number of amides is 1. The minimum atomic E-state index is -0.305. The lowest BCUT2D eigenvalue weighted by Gasteiger charge is -2.09. The fourth-order valence-electron chi connectivity index (χ4n) is 2.38. The second-order valence-electron chi connectivity index (χ2n) is 5.32. The highest BCUT2D eigenvalue weighted by atomic mass is 19.1. The van der Waals surface area contributed by atoms with Gasteiger partial charge in [-0.3, -0.25) is 4.79 Å². The third kappa shape index (κ3) is 4.04. The van der Waals surface area contributed by atoms with Crippen LogP contribution in [0.2, 0.25) is 0 Å². The largest absolute Gasteiger partial charge is 0.368 e. The zero-order valence-corrected chi connectivity index (χ0v) is 13.0. The van der Waals surface area contributed by atoms with Crippen LogP contribution in [0.25, 0.3) is 10.9 Å². The molecule has 122 valence electrons. The smallest absolute Gasteiger partial charge is 0.224 e. The average molecular weight is 324 g/mol. The molecule has 0 saturated heterocycles. The summed E-state index contributed by atoms with van der Waals surface area (Å²) < 4.78 is 12.8. The molecule has 0 bridgehead atoms. The molecule has 0 unspecified atom stereocenters. The molecule has 0 spiro atoms. The maximum absolute atomic E-state index is 12.8. The summed E-state index contributed by atoms with van der Waals surface area (Å²) in [6, 6.07) is 13.7. The molecular formula is C18H17FN4O. The molecule has 0 saturated carbocycles. The second-order valence-corrected chi connectivity index (χ2v) is 5.32. The van der Waals surface area contributed by atoms with E-state index in [1.165, 1.54) is 18.5 Å². The molecular weight excluding hydrogens is 307 g/mol. The number of halogens is 1. The first kappa shape index (κ1) is 15.9. The molecule has 0 atom stereocenters. The lowest BCUT2D eigenvalue weighted by molar-refractivity contribution is -0.120. The maximum Gasteiger partial charge on any atom is 0.224 e. The van der Waals surface area contributed by atoms with E-state index < -0.39 is 0 Å². The Morgan fingerprint density at radius 3 is 2.62 bits per heavy atom. The summed E-state index contributed by atoms with van der Waals surface area (Å²) in [5, 5.41) is 6.97. The predicted molar refractivity (Wildman–Crippen MR) is 91.1 cm³/mol. The summed E-state index contributed by atoms with van der Waals surface area (Å²) in [6.07, 6.45) is 1.74. The first-order chi connectivity index (χ1) is 11.7. The Bertz CT molecular complexity index is 831. The lowest BCUT2D eigenvalue weighted by atomic mass is 10.1. The third-order valence-corrected chi connectivity index (χ3v) is 3.56. The van der Waals surface area contributed by atoms with Crippen LogP contribution in [0, 0.1) is 5.82 Å². The Hall–Kier alpha value is -3.02. The molecule has 1 amide bonds.